The molecule has 0 amide bonds. The molecular weight excluding hydrogens is 314 g/mol. The fraction of sp³-hybridized carbons (Fsp3) is 0.438. The van der Waals surface area contributed by atoms with Gasteiger partial charge in [0.2, 0.25) is 0 Å². The van der Waals surface area contributed by atoms with Crippen molar-refractivity contribution in [1.29, 1.82) is 0 Å². The lowest BCUT2D eigenvalue weighted by atomic mass is 9.96. The van der Waals surface area contributed by atoms with Crippen LogP contribution in [0.5, 0.6) is 0 Å². The van der Waals surface area contributed by atoms with Gasteiger partial charge in [0, 0.05) is 41.7 Å². The van der Waals surface area contributed by atoms with Crippen molar-refractivity contribution in [2.45, 2.75) is 25.9 Å². The Morgan fingerprint density at radius 3 is 3.00 bits per heavy atom. The molecule has 2 N–H and O–H groups in total. The first kappa shape index (κ1) is 14.0. The van der Waals surface area contributed by atoms with Crippen molar-refractivity contribution < 1.29 is 0 Å². The number of nitrogens with two attached hydrogens (primary N) is 1. The highest BCUT2D eigenvalue weighted by molar-refractivity contribution is 9.10. The number of pyridine rings is 1. The summed E-state index contributed by atoms with van der Waals surface area (Å²) in [6.07, 6.45) is 3.00. The summed E-state index contributed by atoms with van der Waals surface area (Å²) < 4.78 is 1.10. The zero-order valence-corrected chi connectivity index (χ0v) is 13.3. The second-order valence-corrected chi connectivity index (χ2v) is 6.76. The monoisotopic (exact) mass is 333 g/mol. The Morgan fingerprint density at radius 2 is 2.20 bits per heavy atom. The zero-order chi connectivity index (χ0) is 14.1. The summed E-state index contributed by atoms with van der Waals surface area (Å²) in [5, 5.41) is 1.18. The van der Waals surface area contributed by atoms with E-state index in [0.29, 0.717) is 12.0 Å². The van der Waals surface area contributed by atoms with Crippen LogP contribution in [0.3, 0.4) is 0 Å². The molecule has 4 heteroatoms. The molecule has 0 bridgehead atoms. The molecule has 0 aliphatic carbocycles. The summed E-state index contributed by atoms with van der Waals surface area (Å²) in [6.45, 7) is 5.32. The Kier molecular flexibility index (Phi) is 4.06. The van der Waals surface area contributed by atoms with Crippen molar-refractivity contribution in [2.75, 3.05) is 13.1 Å². The van der Waals surface area contributed by atoms with E-state index in [1.165, 1.54) is 10.9 Å². The summed E-state index contributed by atoms with van der Waals surface area (Å²) in [5.74, 6) is 0.674. The topological polar surface area (TPSA) is 42.1 Å². The fourth-order valence-electron chi connectivity index (χ4n) is 3.21. The Labute approximate surface area is 128 Å². The average Bonchev–Trinajstić information content (AvgIpc) is 2.41. The van der Waals surface area contributed by atoms with Gasteiger partial charge in [0.1, 0.15) is 0 Å². The second-order valence-electron chi connectivity index (χ2n) is 5.90. The van der Waals surface area contributed by atoms with Gasteiger partial charge in [-0.05, 0) is 30.0 Å². The summed E-state index contributed by atoms with van der Waals surface area (Å²) in [4.78, 5) is 7.01. The highest BCUT2D eigenvalue weighted by Gasteiger charge is 2.22. The molecule has 3 rings (SSSR count). The number of fused-ring (bicyclic) bond motifs is 1. The van der Waals surface area contributed by atoms with Crippen molar-refractivity contribution in [1.82, 2.24) is 9.88 Å². The Balaban J connectivity index is 1.89. The van der Waals surface area contributed by atoms with Crippen LogP contribution in [0.2, 0.25) is 0 Å². The van der Waals surface area contributed by atoms with Crippen LogP contribution in [0.1, 0.15) is 18.9 Å². The minimum Gasteiger partial charge on any atom is -0.327 e. The number of benzene rings is 1. The quantitative estimate of drug-likeness (QED) is 0.917. The molecule has 0 radical (unpaired) electrons. The van der Waals surface area contributed by atoms with E-state index >= 15 is 0 Å². The molecule has 2 heterocycles. The molecule has 106 valence electrons. The largest absolute Gasteiger partial charge is 0.327 e. The molecule has 20 heavy (non-hydrogen) atoms. The third-order valence-corrected chi connectivity index (χ3v) is 4.65. The predicted molar refractivity (Wildman–Crippen MR) is 86.5 cm³/mol. The Bertz CT molecular complexity index is 604. The molecule has 3 nitrogen and oxygen atoms in total. The molecule has 2 atom stereocenters. The number of likely N-dealkylation sites (tertiary alicyclic amines) is 1. The number of aromatic nitrogens is 1. The van der Waals surface area contributed by atoms with Crippen molar-refractivity contribution in [3.05, 3.63) is 40.5 Å². The Morgan fingerprint density at radius 1 is 1.35 bits per heavy atom. The third-order valence-electron chi connectivity index (χ3n) is 3.96. The van der Waals surface area contributed by atoms with E-state index in [0.717, 1.165) is 36.0 Å². The van der Waals surface area contributed by atoms with E-state index in [-0.39, 0.29) is 0 Å². The minimum absolute atomic E-state index is 0.299. The number of hydrogen-bond donors (Lipinski definition) is 1. The SMILES string of the molecule is CC1CC(N)CN(Cc2ccc(Br)c3cccnc23)C1. The van der Waals surface area contributed by atoms with Gasteiger partial charge in [-0.15, -0.1) is 0 Å². The molecule has 1 aliphatic heterocycles. The van der Waals surface area contributed by atoms with Crippen LogP contribution in [0.4, 0.5) is 0 Å². The maximum atomic E-state index is 6.14. The molecule has 0 saturated carbocycles. The zero-order valence-electron chi connectivity index (χ0n) is 11.7. The van der Waals surface area contributed by atoms with Gasteiger partial charge in [0.15, 0.2) is 0 Å². The van der Waals surface area contributed by atoms with Gasteiger partial charge < -0.3 is 5.73 Å². The first-order valence-corrected chi connectivity index (χ1v) is 7.93. The van der Waals surface area contributed by atoms with Gasteiger partial charge in [-0.1, -0.05) is 35.0 Å². The molecule has 1 aromatic heterocycles. The third kappa shape index (κ3) is 2.87. The van der Waals surface area contributed by atoms with Crippen LogP contribution in [-0.2, 0) is 6.54 Å². The number of nitrogens with zero attached hydrogens (tertiary/aromatic N) is 2. The number of halogens is 1. The van der Waals surface area contributed by atoms with Gasteiger partial charge >= 0.3 is 0 Å². The highest BCUT2D eigenvalue weighted by atomic mass is 79.9. The average molecular weight is 334 g/mol. The molecule has 1 aromatic carbocycles. The Hall–Kier alpha value is -0.970. The first-order valence-electron chi connectivity index (χ1n) is 7.13. The van der Waals surface area contributed by atoms with Crippen LogP contribution >= 0.6 is 15.9 Å². The minimum atomic E-state index is 0.299. The van der Waals surface area contributed by atoms with Crippen LogP contribution in [-0.4, -0.2) is 29.0 Å². The van der Waals surface area contributed by atoms with Gasteiger partial charge in [0.05, 0.1) is 5.52 Å². The highest BCUT2D eigenvalue weighted by Crippen LogP contribution is 2.27. The lowest BCUT2D eigenvalue weighted by molar-refractivity contribution is 0.159. The van der Waals surface area contributed by atoms with Crippen molar-refractivity contribution >= 4 is 26.8 Å². The van der Waals surface area contributed by atoms with Gasteiger partial charge in [0.25, 0.3) is 0 Å². The summed E-state index contributed by atoms with van der Waals surface area (Å²) >= 11 is 3.60. The van der Waals surface area contributed by atoms with Crippen molar-refractivity contribution in [3.8, 4) is 0 Å². The number of piperidine rings is 1. The van der Waals surface area contributed by atoms with Gasteiger partial charge in [-0.25, -0.2) is 0 Å². The van der Waals surface area contributed by atoms with Crippen LogP contribution in [0.25, 0.3) is 10.9 Å². The van der Waals surface area contributed by atoms with Crippen LogP contribution < -0.4 is 5.73 Å². The summed E-state index contributed by atoms with van der Waals surface area (Å²) in [7, 11) is 0. The first-order chi connectivity index (χ1) is 9.63. The summed E-state index contributed by atoms with van der Waals surface area (Å²) in [5.41, 5.74) is 8.52. The lowest BCUT2D eigenvalue weighted by Crippen LogP contribution is -2.45. The molecule has 2 unspecified atom stereocenters. The van der Waals surface area contributed by atoms with Crippen molar-refractivity contribution in [2.24, 2.45) is 11.7 Å². The van der Waals surface area contributed by atoms with Gasteiger partial charge in [-0.3, -0.25) is 9.88 Å². The van der Waals surface area contributed by atoms with E-state index in [9.17, 15) is 0 Å². The fourth-order valence-corrected chi connectivity index (χ4v) is 3.66. The van der Waals surface area contributed by atoms with Crippen molar-refractivity contribution in [3.63, 3.8) is 0 Å². The lowest BCUT2D eigenvalue weighted by Gasteiger charge is -2.34. The molecule has 2 aromatic rings. The molecular formula is C16H20BrN3. The molecule has 1 saturated heterocycles. The maximum absolute atomic E-state index is 6.14. The second kappa shape index (κ2) is 5.80. The summed E-state index contributed by atoms with van der Waals surface area (Å²) in [6, 6.07) is 8.68. The van der Waals surface area contributed by atoms with E-state index in [2.05, 4.69) is 50.9 Å². The smallest absolute Gasteiger partial charge is 0.0758 e. The number of rotatable bonds is 2. The van der Waals surface area contributed by atoms with Gasteiger partial charge in [-0.2, -0.15) is 0 Å². The van der Waals surface area contributed by atoms with Crippen LogP contribution in [0.15, 0.2) is 34.9 Å². The van der Waals surface area contributed by atoms with E-state index in [4.69, 9.17) is 5.73 Å². The normalized spacial score (nSPS) is 24.1. The number of hydrogen-bond acceptors (Lipinski definition) is 3. The van der Waals surface area contributed by atoms with Crippen LogP contribution in [0, 0.1) is 5.92 Å². The van der Waals surface area contributed by atoms with E-state index in [1.54, 1.807) is 0 Å². The van der Waals surface area contributed by atoms with E-state index < -0.39 is 0 Å². The predicted octanol–water partition coefficient (Wildman–Crippen LogP) is 3.17. The maximum Gasteiger partial charge on any atom is 0.0758 e. The molecule has 1 aliphatic rings. The molecule has 1 fully saturated rings. The van der Waals surface area contributed by atoms with E-state index in [1.807, 2.05) is 12.3 Å². The molecule has 0 spiro atoms. The standard InChI is InChI=1S/C16H20BrN3/c1-11-7-13(18)10-20(8-11)9-12-4-5-15(17)14-3-2-6-19-16(12)14/h2-6,11,13H,7-10,18H2,1H3.